The summed E-state index contributed by atoms with van der Waals surface area (Å²) in [5.74, 6) is 0.944. The predicted molar refractivity (Wildman–Crippen MR) is 125 cm³/mol. The molecule has 0 atom stereocenters. The van der Waals surface area contributed by atoms with Crippen molar-refractivity contribution in [3.05, 3.63) is 65.9 Å². The van der Waals surface area contributed by atoms with E-state index in [1.165, 1.54) is 32.8 Å². The Hall–Kier alpha value is -2.94. The number of para-hydroxylation sites is 1. The molecule has 0 saturated carbocycles. The normalized spacial score (nSPS) is 11.9. The Morgan fingerprint density at radius 1 is 0.966 bits per heavy atom. The van der Waals surface area contributed by atoms with Gasteiger partial charge < -0.3 is 5.32 Å². The van der Waals surface area contributed by atoms with Gasteiger partial charge in [0.25, 0.3) is 0 Å². The fourth-order valence-corrected chi connectivity index (χ4v) is 4.42. The van der Waals surface area contributed by atoms with Crippen LogP contribution in [0.5, 0.6) is 0 Å². The molecular formula is C26H29N3. The molecule has 2 aromatic carbocycles. The number of rotatable bonds is 5. The molecule has 3 nitrogen and oxygen atoms in total. The Kier molecular flexibility index (Phi) is 4.99. The van der Waals surface area contributed by atoms with Gasteiger partial charge in [0, 0.05) is 35.0 Å². The van der Waals surface area contributed by atoms with Gasteiger partial charge in [-0.1, -0.05) is 51.1 Å². The van der Waals surface area contributed by atoms with Crippen molar-refractivity contribution in [3.8, 4) is 11.3 Å². The third-order valence-electron chi connectivity index (χ3n) is 6.54. The van der Waals surface area contributed by atoms with Gasteiger partial charge in [0.15, 0.2) is 0 Å². The highest BCUT2D eigenvalue weighted by Gasteiger charge is 2.29. The molecule has 3 heteroatoms. The summed E-state index contributed by atoms with van der Waals surface area (Å²) in [6.45, 7) is 9.15. The molecule has 0 unspecified atom stereocenters. The molecule has 4 aromatic rings. The summed E-state index contributed by atoms with van der Waals surface area (Å²) in [6.07, 6.45) is 4.03. The first-order valence-electron chi connectivity index (χ1n) is 10.5. The lowest BCUT2D eigenvalue weighted by Gasteiger charge is -2.31. The first kappa shape index (κ1) is 19.4. The minimum atomic E-state index is 0.0847. The average Bonchev–Trinajstić information content (AvgIpc) is 2.77. The van der Waals surface area contributed by atoms with Crippen molar-refractivity contribution in [2.45, 2.75) is 46.0 Å². The van der Waals surface area contributed by atoms with E-state index in [4.69, 9.17) is 9.97 Å². The molecule has 0 fully saturated rings. The van der Waals surface area contributed by atoms with Crippen LogP contribution in [0, 0.1) is 6.92 Å². The van der Waals surface area contributed by atoms with Crippen molar-refractivity contribution in [1.82, 2.24) is 9.97 Å². The molecule has 4 rings (SSSR count). The molecule has 148 valence electrons. The van der Waals surface area contributed by atoms with Crippen LogP contribution in [0.3, 0.4) is 0 Å². The highest BCUT2D eigenvalue weighted by molar-refractivity contribution is 6.18. The predicted octanol–water partition coefficient (Wildman–Crippen LogP) is 6.88. The smallest absolute Gasteiger partial charge is 0.134 e. The Balaban J connectivity index is 2.30. The molecule has 0 aliphatic carbocycles. The van der Waals surface area contributed by atoms with Gasteiger partial charge in [-0.05, 0) is 54.5 Å². The summed E-state index contributed by atoms with van der Waals surface area (Å²) in [5.41, 5.74) is 5.94. The van der Waals surface area contributed by atoms with E-state index in [1.807, 2.05) is 19.3 Å². The summed E-state index contributed by atoms with van der Waals surface area (Å²) in [5, 5.41) is 7.05. The molecule has 0 aliphatic heterocycles. The molecule has 29 heavy (non-hydrogen) atoms. The Labute approximate surface area is 173 Å². The topological polar surface area (TPSA) is 37.8 Å². The van der Waals surface area contributed by atoms with Gasteiger partial charge in [0.05, 0.1) is 11.2 Å². The highest BCUT2D eigenvalue weighted by Crippen LogP contribution is 2.45. The van der Waals surface area contributed by atoms with Crippen molar-refractivity contribution >= 4 is 27.5 Å². The molecule has 0 radical (unpaired) electrons. The van der Waals surface area contributed by atoms with E-state index in [2.05, 4.69) is 75.5 Å². The summed E-state index contributed by atoms with van der Waals surface area (Å²) in [6, 6.07) is 17.0. The first-order chi connectivity index (χ1) is 14.0. The van der Waals surface area contributed by atoms with Crippen LogP contribution in [0.1, 0.15) is 44.7 Å². The van der Waals surface area contributed by atoms with E-state index in [0.717, 1.165) is 29.9 Å². The monoisotopic (exact) mass is 383 g/mol. The van der Waals surface area contributed by atoms with E-state index < -0.39 is 0 Å². The van der Waals surface area contributed by atoms with Gasteiger partial charge in [-0.3, -0.25) is 4.98 Å². The lowest BCUT2D eigenvalue weighted by molar-refractivity contribution is 0.442. The Morgan fingerprint density at radius 2 is 1.69 bits per heavy atom. The maximum atomic E-state index is 5.00. The van der Waals surface area contributed by atoms with Crippen molar-refractivity contribution in [2.75, 3.05) is 12.4 Å². The van der Waals surface area contributed by atoms with Crippen molar-refractivity contribution < 1.29 is 0 Å². The zero-order chi connectivity index (χ0) is 20.6. The second-order valence-corrected chi connectivity index (χ2v) is 8.08. The first-order valence-corrected chi connectivity index (χ1v) is 10.5. The molecular weight excluding hydrogens is 354 g/mol. The lowest BCUT2D eigenvalue weighted by Crippen LogP contribution is -2.21. The van der Waals surface area contributed by atoms with Crippen molar-refractivity contribution in [2.24, 2.45) is 0 Å². The van der Waals surface area contributed by atoms with Gasteiger partial charge in [-0.25, -0.2) is 4.98 Å². The zero-order valence-electron chi connectivity index (χ0n) is 18.0. The van der Waals surface area contributed by atoms with Crippen LogP contribution in [0.25, 0.3) is 32.9 Å². The number of nitrogens with zero attached hydrogens (tertiary/aromatic N) is 2. The van der Waals surface area contributed by atoms with E-state index >= 15 is 0 Å². The van der Waals surface area contributed by atoms with E-state index in [9.17, 15) is 0 Å². The number of benzene rings is 2. The molecule has 2 aromatic heterocycles. The number of hydrogen-bond donors (Lipinski definition) is 1. The molecule has 0 spiro atoms. The van der Waals surface area contributed by atoms with Crippen LogP contribution in [0.15, 0.2) is 54.7 Å². The van der Waals surface area contributed by atoms with Gasteiger partial charge >= 0.3 is 0 Å². The van der Waals surface area contributed by atoms with Crippen molar-refractivity contribution in [1.29, 1.82) is 0 Å². The van der Waals surface area contributed by atoms with Crippen LogP contribution >= 0.6 is 0 Å². The number of aryl methyl sites for hydroxylation is 1. The minimum absolute atomic E-state index is 0.0847. The molecule has 0 amide bonds. The third kappa shape index (κ3) is 3.05. The summed E-state index contributed by atoms with van der Waals surface area (Å²) < 4.78 is 0. The van der Waals surface area contributed by atoms with E-state index in [-0.39, 0.29) is 5.41 Å². The maximum absolute atomic E-state index is 5.00. The van der Waals surface area contributed by atoms with Crippen LogP contribution in [-0.4, -0.2) is 17.0 Å². The quantitative estimate of drug-likeness (QED) is 0.382. The van der Waals surface area contributed by atoms with E-state index in [1.54, 1.807) is 0 Å². The van der Waals surface area contributed by atoms with E-state index in [0.29, 0.717) is 0 Å². The maximum Gasteiger partial charge on any atom is 0.134 e. The number of anilines is 1. The summed E-state index contributed by atoms with van der Waals surface area (Å²) in [7, 11) is 1.97. The van der Waals surface area contributed by atoms with Gasteiger partial charge in [0.1, 0.15) is 5.82 Å². The van der Waals surface area contributed by atoms with Crippen LogP contribution in [0.2, 0.25) is 0 Å². The van der Waals surface area contributed by atoms with Crippen LogP contribution in [-0.2, 0) is 5.41 Å². The second kappa shape index (κ2) is 7.47. The molecule has 2 heterocycles. The number of nitrogens with one attached hydrogen (secondary N) is 1. The van der Waals surface area contributed by atoms with Crippen LogP contribution < -0.4 is 5.32 Å². The summed E-state index contributed by atoms with van der Waals surface area (Å²) >= 11 is 0. The van der Waals surface area contributed by atoms with Crippen molar-refractivity contribution in [3.63, 3.8) is 0 Å². The zero-order valence-corrected chi connectivity index (χ0v) is 18.0. The Bertz CT molecular complexity index is 1180. The number of aromatic nitrogens is 2. The lowest BCUT2D eigenvalue weighted by atomic mass is 9.74. The fraction of sp³-hybridized carbons (Fsp3) is 0.308. The minimum Gasteiger partial charge on any atom is -0.373 e. The third-order valence-corrected chi connectivity index (χ3v) is 6.54. The summed E-state index contributed by atoms with van der Waals surface area (Å²) in [4.78, 5) is 9.71. The van der Waals surface area contributed by atoms with Gasteiger partial charge in [0.2, 0.25) is 0 Å². The number of pyridine rings is 2. The molecule has 0 aliphatic rings. The number of hydrogen-bond acceptors (Lipinski definition) is 3. The second-order valence-electron chi connectivity index (χ2n) is 8.08. The van der Waals surface area contributed by atoms with Gasteiger partial charge in [-0.15, -0.1) is 0 Å². The molecule has 1 N–H and O–H groups in total. The molecule has 0 saturated heterocycles. The SMILES string of the molecule is CCC(C)(CC)c1cc(C)c(-c2ccccn2)c2c1c(NC)nc1ccccc12. The average molecular weight is 384 g/mol. The Morgan fingerprint density at radius 3 is 2.34 bits per heavy atom. The van der Waals surface area contributed by atoms with Gasteiger partial charge in [-0.2, -0.15) is 0 Å². The largest absolute Gasteiger partial charge is 0.373 e. The fourth-order valence-electron chi connectivity index (χ4n) is 4.42. The molecule has 0 bridgehead atoms. The standard InChI is InChI=1S/C26H29N3/c1-6-26(4,7-2)19-16-17(3)22(21-14-10-11-15-28-21)23-18-12-8-9-13-20(18)29-25(27-5)24(19)23/h8-16H,6-7H2,1-5H3,(H,27,29). The highest BCUT2D eigenvalue weighted by atomic mass is 15.0. The number of fused-ring (bicyclic) bond motifs is 3. The van der Waals surface area contributed by atoms with Crippen LogP contribution in [0.4, 0.5) is 5.82 Å².